The first-order valence-electron chi connectivity index (χ1n) is 6.78. The van der Waals surface area contributed by atoms with Gasteiger partial charge in [0.1, 0.15) is 0 Å². The molecule has 0 spiro atoms. The molecule has 0 atom stereocenters. The van der Waals surface area contributed by atoms with Gasteiger partial charge in [0.2, 0.25) is 0 Å². The minimum atomic E-state index is -0.558. The lowest BCUT2D eigenvalue weighted by Crippen LogP contribution is -2.12. The Hall–Kier alpha value is -2.88. The predicted octanol–water partition coefficient (Wildman–Crippen LogP) is 3.52. The summed E-state index contributed by atoms with van der Waals surface area (Å²) in [4.78, 5) is 24.2. The predicted molar refractivity (Wildman–Crippen MR) is 83.2 cm³/mol. The monoisotopic (exact) mass is 294 g/mol. The van der Waals surface area contributed by atoms with Crippen LogP contribution in [0.15, 0.2) is 48.5 Å². The van der Waals surface area contributed by atoms with E-state index >= 15 is 0 Å². The van der Waals surface area contributed by atoms with Crippen LogP contribution in [-0.2, 0) is 9.47 Å². The number of rotatable bonds is 2. The van der Waals surface area contributed by atoms with Crippen molar-refractivity contribution < 1.29 is 19.1 Å². The molecule has 110 valence electrons. The Labute approximate surface area is 127 Å². The lowest BCUT2D eigenvalue weighted by Gasteiger charge is -2.09. The van der Waals surface area contributed by atoms with Crippen molar-refractivity contribution in [1.82, 2.24) is 0 Å². The van der Waals surface area contributed by atoms with Crippen molar-refractivity contribution in [2.45, 2.75) is 0 Å². The number of ether oxygens (including phenoxy) is 2. The molecule has 2 aliphatic rings. The zero-order chi connectivity index (χ0) is 15.7. The molecule has 0 aromatic heterocycles. The van der Waals surface area contributed by atoms with E-state index in [0.717, 1.165) is 16.5 Å². The van der Waals surface area contributed by atoms with Crippen LogP contribution in [0.2, 0.25) is 0 Å². The van der Waals surface area contributed by atoms with Gasteiger partial charge in [0.25, 0.3) is 0 Å². The van der Waals surface area contributed by atoms with Crippen LogP contribution in [0.25, 0.3) is 21.9 Å². The fraction of sp³-hybridized carbons (Fsp3) is 0.111. The van der Waals surface area contributed by atoms with Gasteiger partial charge in [-0.25, -0.2) is 9.59 Å². The molecule has 0 saturated heterocycles. The smallest absolute Gasteiger partial charge is 0.339 e. The maximum absolute atomic E-state index is 12.3. The molecule has 1 aromatic rings. The number of esters is 2. The van der Waals surface area contributed by atoms with Crippen molar-refractivity contribution >= 4 is 22.7 Å². The zero-order valence-electron chi connectivity index (χ0n) is 12.3. The third-order valence-corrected chi connectivity index (χ3v) is 3.68. The van der Waals surface area contributed by atoms with Crippen molar-refractivity contribution in [2.75, 3.05) is 14.2 Å². The van der Waals surface area contributed by atoms with Crippen LogP contribution in [0.1, 0.15) is 20.7 Å². The molecular weight excluding hydrogens is 280 g/mol. The van der Waals surface area contributed by atoms with E-state index in [-0.39, 0.29) is 11.1 Å². The van der Waals surface area contributed by atoms with Gasteiger partial charge in [-0.3, -0.25) is 0 Å². The second-order valence-electron chi connectivity index (χ2n) is 4.86. The molecule has 4 heteroatoms. The molecule has 0 N–H and O–H groups in total. The zero-order valence-corrected chi connectivity index (χ0v) is 12.3. The molecule has 2 aliphatic carbocycles. The summed E-state index contributed by atoms with van der Waals surface area (Å²) in [5.74, 6) is -1.11. The molecular formula is C18H14O4. The van der Waals surface area contributed by atoms with E-state index in [1.807, 2.05) is 42.5 Å². The molecule has 0 saturated carbocycles. The minimum absolute atomic E-state index is 0.209. The SMILES string of the molecule is COC(=O)c1ccc2cc3cccccc-3c2c1C(=O)OC. The van der Waals surface area contributed by atoms with Crippen LogP contribution < -0.4 is 0 Å². The van der Waals surface area contributed by atoms with Crippen LogP contribution in [0.5, 0.6) is 0 Å². The third-order valence-electron chi connectivity index (χ3n) is 3.68. The number of benzene rings is 1. The molecule has 0 bridgehead atoms. The highest BCUT2D eigenvalue weighted by molar-refractivity contribution is 6.18. The fourth-order valence-corrected chi connectivity index (χ4v) is 2.71. The molecule has 0 aliphatic heterocycles. The van der Waals surface area contributed by atoms with Gasteiger partial charge in [0.05, 0.1) is 25.3 Å². The Morgan fingerprint density at radius 1 is 0.864 bits per heavy atom. The summed E-state index contributed by atoms with van der Waals surface area (Å²) in [5, 5.41) is 1.59. The summed E-state index contributed by atoms with van der Waals surface area (Å²) in [6, 6.07) is 15.0. The first-order chi connectivity index (χ1) is 10.7. The van der Waals surface area contributed by atoms with Crippen molar-refractivity contribution in [3.8, 4) is 11.1 Å². The van der Waals surface area contributed by atoms with E-state index in [9.17, 15) is 9.59 Å². The second-order valence-corrected chi connectivity index (χ2v) is 4.86. The van der Waals surface area contributed by atoms with Gasteiger partial charge in [-0.1, -0.05) is 36.4 Å². The van der Waals surface area contributed by atoms with E-state index in [2.05, 4.69) is 0 Å². The maximum atomic E-state index is 12.3. The molecule has 0 heterocycles. The topological polar surface area (TPSA) is 52.6 Å². The highest BCUT2D eigenvalue weighted by Gasteiger charge is 2.24. The average Bonchev–Trinajstić information content (AvgIpc) is 2.74. The van der Waals surface area contributed by atoms with Crippen LogP contribution in [0.3, 0.4) is 0 Å². The number of hydrogen-bond acceptors (Lipinski definition) is 4. The van der Waals surface area contributed by atoms with E-state index in [0.29, 0.717) is 5.39 Å². The lowest BCUT2D eigenvalue weighted by atomic mass is 9.99. The second kappa shape index (κ2) is 5.48. The van der Waals surface area contributed by atoms with Crippen LogP contribution in [-0.4, -0.2) is 26.2 Å². The molecule has 3 rings (SSSR count). The molecule has 0 amide bonds. The number of carbonyl (C=O) groups excluding carboxylic acids is 2. The third kappa shape index (κ3) is 2.09. The Balaban J connectivity index is 2.45. The molecule has 0 radical (unpaired) electrons. The molecule has 22 heavy (non-hydrogen) atoms. The normalized spacial score (nSPS) is 10.6. The highest BCUT2D eigenvalue weighted by atomic mass is 16.5. The number of methoxy groups -OCH3 is 2. The van der Waals surface area contributed by atoms with Gasteiger partial charge < -0.3 is 9.47 Å². The fourth-order valence-electron chi connectivity index (χ4n) is 2.71. The summed E-state index contributed by atoms with van der Waals surface area (Å²) in [5.41, 5.74) is 2.34. The van der Waals surface area contributed by atoms with Crippen molar-refractivity contribution in [3.63, 3.8) is 0 Å². The summed E-state index contributed by atoms with van der Waals surface area (Å²) in [6.45, 7) is 0. The van der Waals surface area contributed by atoms with Gasteiger partial charge in [-0.15, -0.1) is 0 Å². The first kappa shape index (κ1) is 14.1. The Morgan fingerprint density at radius 3 is 2.32 bits per heavy atom. The van der Waals surface area contributed by atoms with E-state index in [4.69, 9.17) is 9.47 Å². The Bertz CT molecular complexity index is 851. The summed E-state index contributed by atoms with van der Waals surface area (Å²) in [6.07, 6.45) is 0. The average molecular weight is 294 g/mol. The molecule has 0 fully saturated rings. The molecule has 1 aromatic carbocycles. The Kier molecular flexibility index (Phi) is 3.51. The maximum Gasteiger partial charge on any atom is 0.339 e. The van der Waals surface area contributed by atoms with Gasteiger partial charge in [0.15, 0.2) is 0 Å². The van der Waals surface area contributed by atoms with Crippen LogP contribution in [0.4, 0.5) is 0 Å². The minimum Gasteiger partial charge on any atom is -0.465 e. The lowest BCUT2D eigenvalue weighted by molar-refractivity contribution is 0.0557. The summed E-state index contributed by atoms with van der Waals surface area (Å²) in [7, 11) is 2.59. The van der Waals surface area contributed by atoms with Crippen LogP contribution in [0, 0.1) is 0 Å². The summed E-state index contributed by atoms with van der Waals surface area (Å²) >= 11 is 0. The standard InChI is InChI=1S/C18H14O4/c1-21-17(19)14-9-8-12-10-11-6-4-3-5-7-13(11)15(12)16(14)18(20)22-2/h3-10H,1-2H3. The highest BCUT2D eigenvalue weighted by Crippen LogP contribution is 2.37. The van der Waals surface area contributed by atoms with Crippen molar-refractivity contribution in [1.29, 1.82) is 0 Å². The van der Waals surface area contributed by atoms with E-state index < -0.39 is 11.9 Å². The van der Waals surface area contributed by atoms with Crippen molar-refractivity contribution in [3.05, 3.63) is 59.7 Å². The quantitative estimate of drug-likeness (QED) is 0.679. The molecule has 0 unspecified atom stereocenters. The van der Waals surface area contributed by atoms with Gasteiger partial charge in [-0.05, 0) is 28.6 Å². The van der Waals surface area contributed by atoms with E-state index in [1.165, 1.54) is 14.2 Å². The number of fused-ring (bicyclic) bond motifs is 3. The Morgan fingerprint density at radius 2 is 1.59 bits per heavy atom. The largest absolute Gasteiger partial charge is 0.465 e. The number of carbonyl (C=O) groups is 2. The van der Waals surface area contributed by atoms with Gasteiger partial charge in [-0.2, -0.15) is 0 Å². The summed E-state index contributed by atoms with van der Waals surface area (Å²) < 4.78 is 9.66. The first-order valence-corrected chi connectivity index (χ1v) is 6.78. The van der Waals surface area contributed by atoms with E-state index in [1.54, 1.807) is 6.07 Å². The van der Waals surface area contributed by atoms with Gasteiger partial charge >= 0.3 is 11.9 Å². The molecule has 4 nitrogen and oxygen atoms in total. The van der Waals surface area contributed by atoms with Crippen LogP contribution >= 0.6 is 0 Å². The van der Waals surface area contributed by atoms with Crippen molar-refractivity contribution in [2.24, 2.45) is 0 Å². The number of hydrogen-bond donors (Lipinski definition) is 0. The van der Waals surface area contributed by atoms with Gasteiger partial charge in [0, 0.05) is 5.39 Å².